The second-order valence-corrected chi connectivity index (χ2v) is 5.24. The normalized spacial score (nSPS) is 10.2. The van der Waals surface area contributed by atoms with Gasteiger partial charge in [0.05, 0.1) is 5.56 Å². The molecule has 5 heteroatoms. The number of thiophene rings is 1. The van der Waals surface area contributed by atoms with Crippen molar-refractivity contribution in [2.75, 3.05) is 5.73 Å². The van der Waals surface area contributed by atoms with Crippen molar-refractivity contribution in [3.8, 4) is 0 Å². The predicted octanol–water partition coefficient (Wildman–Crippen LogP) is 3.02. The van der Waals surface area contributed by atoms with Gasteiger partial charge in [-0.25, -0.2) is 0 Å². The summed E-state index contributed by atoms with van der Waals surface area (Å²) in [5, 5.41) is 6.82. The summed E-state index contributed by atoms with van der Waals surface area (Å²) in [6.07, 6.45) is 0. The van der Waals surface area contributed by atoms with Crippen LogP contribution in [0.1, 0.15) is 15.9 Å². The number of hydrogen-bond acceptors (Lipinski definition) is 3. The molecule has 2 aromatic rings. The van der Waals surface area contributed by atoms with Crippen LogP contribution in [-0.4, -0.2) is 5.91 Å². The number of nitrogen functional groups attached to an aromatic ring is 1. The van der Waals surface area contributed by atoms with Gasteiger partial charge in [0, 0.05) is 16.7 Å². The zero-order valence-electron chi connectivity index (χ0n) is 8.94. The number of rotatable bonds is 3. The molecule has 1 aromatic heterocycles. The molecule has 0 bridgehead atoms. The number of nitrogens with two attached hydrogens (primary N) is 1. The predicted molar refractivity (Wildman–Crippen MR) is 74.0 cm³/mol. The standard InChI is InChI=1S/C12H11BrN2OS/c13-9-1-2-10(11(14)5-9)12(16)15-6-8-3-4-17-7-8/h1-5,7H,6,14H2,(H,15,16). The number of carbonyl (C=O) groups is 1. The lowest BCUT2D eigenvalue weighted by atomic mass is 10.1. The van der Waals surface area contributed by atoms with Crippen LogP contribution in [0.5, 0.6) is 0 Å². The minimum absolute atomic E-state index is 0.152. The molecule has 17 heavy (non-hydrogen) atoms. The van der Waals surface area contributed by atoms with Crippen molar-refractivity contribution in [3.05, 3.63) is 50.6 Å². The van der Waals surface area contributed by atoms with E-state index in [4.69, 9.17) is 5.73 Å². The van der Waals surface area contributed by atoms with Crippen LogP contribution in [0.15, 0.2) is 39.5 Å². The quantitative estimate of drug-likeness (QED) is 0.856. The highest BCUT2D eigenvalue weighted by molar-refractivity contribution is 9.10. The molecule has 0 aliphatic carbocycles. The van der Waals surface area contributed by atoms with E-state index in [-0.39, 0.29) is 5.91 Å². The number of halogens is 1. The summed E-state index contributed by atoms with van der Waals surface area (Å²) in [5.74, 6) is -0.152. The van der Waals surface area contributed by atoms with Gasteiger partial charge < -0.3 is 11.1 Å². The first-order valence-corrected chi connectivity index (χ1v) is 6.74. The Morgan fingerprint density at radius 3 is 2.88 bits per heavy atom. The van der Waals surface area contributed by atoms with E-state index in [1.165, 1.54) is 0 Å². The van der Waals surface area contributed by atoms with Crippen LogP contribution in [-0.2, 0) is 6.54 Å². The van der Waals surface area contributed by atoms with E-state index in [9.17, 15) is 4.79 Å². The molecule has 0 radical (unpaired) electrons. The Morgan fingerprint density at radius 2 is 2.24 bits per heavy atom. The van der Waals surface area contributed by atoms with Crippen molar-refractivity contribution in [1.82, 2.24) is 5.32 Å². The van der Waals surface area contributed by atoms with Gasteiger partial charge in [-0.1, -0.05) is 15.9 Å². The summed E-state index contributed by atoms with van der Waals surface area (Å²) in [5.41, 5.74) is 7.86. The summed E-state index contributed by atoms with van der Waals surface area (Å²) in [6.45, 7) is 0.526. The third-order valence-corrected chi connectivity index (χ3v) is 3.52. The van der Waals surface area contributed by atoms with E-state index < -0.39 is 0 Å². The molecule has 3 nitrogen and oxygen atoms in total. The lowest BCUT2D eigenvalue weighted by Gasteiger charge is -2.07. The number of anilines is 1. The van der Waals surface area contributed by atoms with E-state index in [1.54, 1.807) is 29.5 Å². The Hall–Kier alpha value is -1.33. The largest absolute Gasteiger partial charge is 0.398 e. The zero-order valence-corrected chi connectivity index (χ0v) is 11.3. The second kappa shape index (κ2) is 5.33. The maximum atomic E-state index is 11.9. The van der Waals surface area contributed by atoms with E-state index in [1.807, 2.05) is 16.8 Å². The SMILES string of the molecule is Nc1cc(Br)ccc1C(=O)NCc1ccsc1. The molecular formula is C12H11BrN2OS. The fourth-order valence-electron chi connectivity index (χ4n) is 1.41. The summed E-state index contributed by atoms with van der Waals surface area (Å²) in [7, 11) is 0. The van der Waals surface area contributed by atoms with Crippen LogP contribution in [0, 0.1) is 0 Å². The Morgan fingerprint density at radius 1 is 1.41 bits per heavy atom. The minimum atomic E-state index is -0.152. The highest BCUT2D eigenvalue weighted by atomic mass is 79.9. The molecule has 0 aliphatic rings. The number of nitrogens with one attached hydrogen (secondary N) is 1. The molecule has 0 saturated carbocycles. The van der Waals surface area contributed by atoms with Gasteiger partial charge in [0.2, 0.25) is 0 Å². The van der Waals surface area contributed by atoms with Crippen LogP contribution >= 0.6 is 27.3 Å². The summed E-state index contributed by atoms with van der Waals surface area (Å²) in [6, 6.07) is 7.22. The van der Waals surface area contributed by atoms with E-state index in [2.05, 4.69) is 21.2 Å². The van der Waals surface area contributed by atoms with E-state index >= 15 is 0 Å². The van der Waals surface area contributed by atoms with Crippen LogP contribution in [0.3, 0.4) is 0 Å². The lowest BCUT2D eigenvalue weighted by Crippen LogP contribution is -2.23. The van der Waals surface area contributed by atoms with Crippen molar-refractivity contribution in [2.24, 2.45) is 0 Å². The van der Waals surface area contributed by atoms with Crippen molar-refractivity contribution in [3.63, 3.8) is 0 Å². The molecule has 0 spiro atoms. The molecule has 3 N–H and O–H groups in total. The molecule has 0 atom stereocenters. The first-order chi connectivity index (χ1) is 8.16. The highest BCUT2D eigenvalue weighted by Crippen LogP contribution is 2.18. The summed E-state index contributed by atoms with van der Waals surface area (Å²) in [4.78, 5) is 11.9. The smallest absolute Gasteiger partial charge is 0.253 e. The fourth-order valence-corrected chi connectivity index (χ4v) is 2.46. The van der Waals surface area contributed by atoms with Gasteiger partial charge in [-0.15, -0.1) is 0 Å². The summed E-state index contributed by atoms with van der Waals surface area (Å²) < 4.78 is 0.865. The van der Waals surface area contributed by atoms with E-state index in [0.717, 1.165) is 10.0 Å². The number of benzene rings is 1. The lowest BCUT2D eigenvalue weighted by molar-refractivity contribution is 0.0952. The first-order valence-electron chi connectivity index (χ1n) is 5.01. The van der Waals surface area contributed by atoms with Crippen LogP contribution in [0.2, 0.25) is 0 Å². The number of carbonyl (C=O) groups excluding carboxylic acids is 1. The molecular weight excluding hydrogens is 300 g/mol. The van der Waals surface area contributed by atoms with Gasteiger partial charge in [-0.3, -0.25) is 4.79 Å². The Kier molecular flexibility index (Phi) is 3.81. The van der Waals surface area contributed by atoms with Gasteiger partial charge in [0.25, 0.3) is 5.91 Å². The van der Waals surface area contributed by atoms with Crippen molar-refractivity contribution >= 4 is 38.9 Å². The molecule has 0 aliphatic heterocycles. The maximum absolute atomic E-state index is 11.9. The maximum Gasteiger partial charge on any atom is 0.253 e. The van der Waals surface area contributed by atoms with Gasteiger partial charge in [0.1, 0.15) is 0 Å². The third-order valence-electron chi connectivity index (χ3n) is 2.29. The van der Waals surface area contributed by atoms with E-state index in [0.29, 0.717) is 17.8 Å². The van der Waals surface area contributed by atoms with Crippen LogP contribution in [0.4, 0.5) is 5.69 Å². The van der Waals surface area contributed by atoms with Crippen molar-refractivity contribution in [2.45, 2.75) is 6.54 Å². The van der Waals surface area contributed by atoms with Crippen LogP contribution in [0.25, 0.3) is 0 Å². The number of hydrogen-bond donors (Lipinski definition) is 2. The monoisotopic (exact) mass is 310 g/mol. The third kappa shape index (κ3) is 3.08. The Balaban J connectivity index is 2.04. The second-order valence-electron chi connectivity index (χ2n) is 3.55. The molecule has 1 aromatic carbocycles. The first kappa shape index (κ1) is 12.1. The Bertz CT molecular complexity index is 525. The average Bonchev–Trinajstić information content (AvgIpc) is 2.78. The van der Waals surface area contributed by atoms with Crippen molar-refractivity contribution < 1.29 is 4.79 Å². The fraction of sp³-hybridized carbons (Fsp3) is 0.0833. The topological polar surface area (TPSA) is 55.1 Å². The van der Waals surface area contributed by atoms with Gasteiger partial charge >= 0.3 is 0 Å². The minimum Gasteiger partial charge on any atom is -0.398 e. The zero-order chi connectivity index (χ0) is 12.3. The molecule has 0 saturated heterocycles. The van der Waals surface area contributed by atoms with Crippen LogP contribution < -0.4 is 11.1 Å². The Labute approximate surface area is 112 Å². The molecule has 1 amide bonds. The molecule has 0 fully saturated rings. The molecule has 88 valence electrons. The average molecular weight is 311 g/mol. The van der Waals surface area contributed by atoms with Gasteiger partial charge in [-0.2, -0.15) is 11.3 Å². The molecule has 2 rings (SSSR count). The summed E-state index contributed by atoms with van der Waals surface area (Å²) >= 11 is 4.92. The number of amides is 1. The molecule has 0 unspecified atom stereocenters. The van der Waals surface area contributed by atoms with Gasteiger partial charge in [0.15, 0.2) is 0 Å². The molecule has 1 heterocycles. The van der Waals surface area contributed by atoms with Gasteiger partial charge in [-0.05, 0) is 40.6 Å². The van der Waals surface area contributed by atoms with Crippen molar-refractivity contribution in [1.29, 1.82) is 0 Å². The highest BCUT2D eigenvalue weighted by Gasteiger charge is 2.09.